The SMILES string of the molecule is CC(C)(C)c1cc(C=Cc2ccncc2)cc(C(C)(C)C)c1O. The Hall–Kier alpha value is -2.09. The first kappa shape index (κ1) is 17.3. The molecule has 2 rings (SSSR count). The largest absolute Gasteiger partial charge is 0.507 e. The molecule has 0 aliphatic heterocycles. The van der Waals surface area contributed by atoms with Crippen molar-refractivity contribution in [3.63, 3.8) is 0 Å². The Balaban J connectivity index is 2.54. The minimum atomic E-state index is -0.107. The quantitative estimate of drug-likeness (QED) is 0.788. The van der Waals surface area contributed by atoms with E-state index in [1.54, 1.807) is 12.4 Å². The number of benzene rings is 1. The first-order valence-corrected chi connectivity index (χ1v) is 8.05. The molecule has 122 valence electrons. The molecular formula is C21H27NO. The van der Waals surface area contributed by atoms with Crippen molar-refractivity contribution < 1.29 is 5.11 Å². The molecule has 0 aliphatic carbocycles. The smallest absolute Gasteiger partial charge is 0.123 e. The fourth-order valence-electron chi connectivity index (χ4n) is 2.56. The molecule has 1 aromatic heterocycles. The summed E-state index contributed by atoms with van der Waals surface area (Å²) in [6, 6.07) is 8.13. The summed E-state index contributed by atoms with van der Waals surface area (Å²) in [6.45, 7) is 12.8. The van der Waals surface area contributed by atoms with Crippen LogP contribution in [0.4, 0.5) is 0 Å². The van der Waals surface area contributed by atoms with Gasteiger partial charge in [0.25, 0.3) is 0 Å². The van der Waals surface area contributed by atoms with Crippen LogP contribution in [-0.2, 0) is 10.8 Å². The molecule has 0 spiro atoms. The van der Waals surface area contributed by atoms with E-state index >= 15 is 0 Å². The zero-order chi connectivity index (χ0) is 17.3. The van der Waals surface area contributed by atoms with E-state index in [2.05, 4.69) is 70.8 Å². The molecule has 0 atom stereocenters. The number of hydrogen-bond acceptors (Lipinski definition) is 2. The molecule has 0 saturated heterocycles. The van der Waals surface area contributed by atoms with E-state index in [-0.39, 0.29) is 10.8 Å². The normalized spacial score (nSPS) is 12.8. The Kier molecular flexibility index (Phi) is 4.65. The van der Waals surface area contributed by atoms with Crippen molar-refractivity contribution in [3.05, 3.63) is 58.9 Å². The third-order valence-electron chi connectivity index (χ3n) is 3.92. The Bertz CT molecular complexity index is 666. The van der Waals surface area contributed by atoms with Crippen LogP contribution in [-0.4, -0.2) is 10.1 Å². The summed E-state index contributed by atoms with van der Waals surface area (Å²) in [7, 11) is 0. The lowest BCUT2D eigenvalue weighted by Gasteiger charge is -2.27. The predicted octanol–water partition coefficient (Wildman–Crippen LogP) is 5.55. The number of hydrogen-bond donors (Lipinski definition) is 1. The Morgan fingerprint density at radius 2 is 1.22 bits per heavy atom. The molecule has 1 heterocycles. The standard InChI is InChI=1S/C21H27NO/c1-20(2,3)17-13-16(8-7-15-9-11-22-12-10-15)14-18(19(17)23)21(4,5)6/h7-14,23H,1-6H3. The lowest BCUT2D eigenvalue weighted by Crippen LogP contribution is -2.17. The highest BCUT2D eigenvalue weighted by molar-refractivity contribution is 5.71. The summed E-state index contributed by atoms with van der Waals surface area (Å²) in [4.78, 5) is 4.04. The van der Waals surface area contributed by atoms with Crippen molar-refractivity contribution in [2.75, 3.05) is 0 Å². The molecule has 0 bridgehead atoms. The molecule has 0 unspecified atom stereocenters. The number of pyridine rings is 1. The average molecular weight is 309 g/mol. The van der Waals surface area contributed by atoms with E-state index in [1.165, 1.54) is 0 Å². The van der Waals surface area contributed by atoms with Gasteiger partial charge in [-0.25, -0.2) is 0 Å². The highest BCUT2D eigenvalue weighted by Gasteiger charge is 2.26. The summed E-state index contributed by atoms with van der Waals surface area (Å²) in [6.07, 6.45) is 7.75. The Labute approximate surface area is 139 Å². The van der Waals surface area contributed by atoms with Gasteiger partial charge in [-0.15, -0.1) is 0 Å². The maximum atomic E-state index is 10.7. The summed E-state index contributed by atoms with van der Waals surface area (Å²) in [5, 5.41) is 10.7. The molecular weight excluding hydrogens is 282 g/mol. The van der Waals surface area contributed by atoms with Crippen LogP contribution in [0.25, 0.3) is 12.2 Å². The van der Waals surface area contributed by atoms with E-state index in [0.29, 0.717) is 5.75 Å². The van der Waals surface area contributed by atoms with E-state index in [4.69, 9.17) is 0 Å². The molecule has 2 heteroatoms. The van der Waals surface area contributed by atoms with E-state index in [0.717, 1.165) is 22.3 Å². The summed E-state index contributed by atoms with van der Waals surface area (Å²) in [5.74, 6) is 0.422. The molecule has 2 nitrogen and oxygen atoms in total. The summed E-state index contributed by atoms with van der Waals surface area (Å²) >= 11 is 0. The zero-order valence-electron chi connectivity index (χ0n) is 15.0. The highest BCUT2D eigenvalue weighted by atomic mass is 16.3. The minimum Gasteiger partial charge on any atom is -0.507 e. The summed E-state index contributed by atoms with van der Waals surface area (Å²) < 4.78 is 0. The first-order chi connectivity index (χ1) is 10.6. The number of phenolic OH excluding ortho intramolecular Hbond substituents is 1. The second kappa shape index (κ2) is 6.19. The van der Waals surface area contributed by atoms with Gasteiger partial charge in [0.2, 0.25) is 0 Å². The Morgan fingerprint density at radius 1 is 0.783 bits per heavy atom. The fraction of sp³-hybridized carbons (Fsp3) is 0.381. The van der Waals surface area contributed by atoms with Crippen LogP contribution in [0.1, 0.15) is 63.8 Å². The average Bonchev–Trinajstić information content (AvgIpc) is 2.44. The van der Waals surface area contributed by atoms with Gasteiger partial charge < -0.3 is 5.11 Å². The van der Waals surface area contributed by atoms with Gasteiger partial charge in [-0.1, -0.05) is 53.7 Å². The monoisotopic (exact) mass is 309 g/mol. The highest BCUT2D eigenvalue weighted by Crippen LogP contribution is 2.40. The molecule has 0 aliphatic rings. The third-order valence-corrected chi connectivity index (χ3v) is 3.92. The minimum absolute atomic E-state index is 0.107. The van der Waals surface area contributed by atoms with Crippen molar-refractivity contribution in [2.45, 2.75) is 52.4 Å². The molecule has 0 fully saturated rings. The van der Waals surface area contributed by atoms with Crippen LogP contribution in [0.5, 0.6) is 5.75 Å². The number of aromatic nitrogens is 1. The molecule has 2 aromatic rings. The summed E-state index contributed by atoms with van der Waals surface area (Å²) in [5.41, 5.74) is 3.98. The molecule has 0 radical (unpaired) electrons. The van der Waals surface area contributed by atoms with Crippen LogP contribution in [0, 0.1) is 0 Å². The van der Waals surface area contributed by atoms with Gasteiger partial charge in [0.05, 0.1) is 0 Å². The number of nitrogens with zero attached hydrogens (tertiary/aromatic N) is 1. The van der Waals surface area contributed by atoms with Crippen molar-refractivity contribution in [3.8, 4) is 5.75 Å². The van der Waals surface area contributed by atoms with Crippen LogP contribution in [0.15, 0.2) is 36.7 Å². The van der Waals surface area contributed by atoms with Gasteiger partial charge in [0, 0.05) is 23.5 Å². The van der Waals surface area contributed by atoms with Crippen LogP contribution in [0.3, 0.4) is 0 Å². The molecule has 0 amide bonds. The number of aromatic hydroxyl groups is 1. The van der Waals surface area contributed by atoms with Crippen LogP contribution < -0.4 is 0 Å². The molecule has 23 heavy (non-hydrogen) atoms. The van der Waals surface area contributed by atoms with Crippen molar-refractivity contribution in [1.29, 1.82) is 0 Å². The second-order valence-corrected chi connectivity index (χ2v) is 8.08. The van der Waals surface area contributed by atoms with Crippen molar-refractivity contribution in [1.82, 2.24) is 4.98 Å². The van der Waals surface area contributed by atoms with Gasteiger partial charge in [-0.05, 0) is 46.2 Å². The van der Waals surface area contributed by atoms with E-state index in [1.807, 2.05) is 12.1 Å². The lowest BCUT2D eigenvalue weighted by molar-refractivity contribution is 0.423. The zero-order valence-corrected chi connectivity index (χ0v) is 15.0. The van der Waals surface area contributed by atoms with Crippen LogP contribution in [0.2, 0.25) is 0 Å². The van der Waals surface area contributed by atoms with E-state index < -0.39 is 0 Å². The number of phenols is 1. The predicted molar refractivity (Wildman–Crippen MR) is 98.7 cm³/mol. The van der Waals surface area contributed by atoms with Gasteiger partial charge in [0.15, 0.2) is 0 Å². The second-order valence-electron chi connectivity index (χ2n) is 8.08. The van der Waals surface area contributed by atoms with Gasteiger partial charge >= 0.3 is 0 Å². The van der Waals surface area contributed by atoms with E-state index in [9.17, 15) is 5.11 Å². The van der Waals surface area contributed by atoms with Crippen LogP contribution >= 0.6 is 0 Å². The molecule has 1 N–H and O–H groups in total. The lowest BCUT2D eigenvalue weighted by atomic mass is 9.78. The molecule has 0 saturated carbocycles. The molecule has 1 aromatic carbocycles. The maximum absolute atomic E-state index is 10.7. The topological polar surface area (TPSA) is 33.1 Å². The van der Waals surface area contributed by atoms with Gasteiger partial charge in [-0.2, -0.15) is 0 Å². The fourth-order valence-corrected chi connectivity index (χ4v) is 2.56. The maximum Gasteiger partial charge on any atom is 0.123 e. The van der Waals surface area contributed by atoms with Crippen molar-refractivity contribution >= 4 is 12.2 Å². The Morgan fingerprint density at radius 3 is 1.65 bits per heavy atom. The number of rotatable bonds is 2. The van der Waals surface area contributed by atoms with Gasteiger partial charge in [0.1, 0.15) is 5.75 Å². The first-order valence-electron chi connectivity index (χ1n) is 8.05. The third kappa shape index (κ3) is 4.22. The van der Waals surface area contributed by atoms with Crippen molar-refractivity contribution in [2.24, 2.45) is 0 Å². The van der Waals surface area contributed by atoms with Gasteiger partial charge in [-0.3, -0.25) is 4.98 Å².